The van der Waals surface area contributed by atoms with Crippen molar-refractivity contribution in [1.82, 2.24) is 0 Å². The molecule has 0 rings (SSSR count). The van der Waals surface area contributed by atoms with Crippen LogP contribution in [0.5, 0.6) is 0 Å². The molecule has 2 N–H and O–H groups in total. The van der Waals surface area contributed by atoms with Gasteiger partial charge in [-0.1, -0.05) is 41.5 Å². The minimum atomic E-state index is -5.32. The van der Waals surface area contributed by atoms with Gasteiger partial charge in [0.05, 0.1) is 178 Å². The zero-order valence-electron chi connectivity index (χ0n) is 63.1. The lowest BCUT2D eigenvalue weighted by Gasteiger charge is -2.29. The topological polar surface area (TPSA) is 851 Å². The molecule has 0 heterocycles. The first-order chi connectivity index (χ1) is 53.8. The smallest absolute Gasteiger partial charge is 0.268 e. The molecule has 117 heavy (non-hydrogen) atoms. The lowest BCUT2D eigenvalue weighted by Crippen LogP contribution is -2.22. The highest BCUT2D eigenvalue weighted by Crippen LogP contribution is 2.50. The Morgan fingerprint density at radius 3 is 0.368 bits per heavy atom. The summed E-state index contributed by atoms with van der Waals surface area (Å²) in [6, 6.07) is 0. The molecule has 0 aromatic rings. The average molecular weight is 1990 g/mol. The Labute approximate surface area is 672 Å². The van der Waals surface area contributed by atoms with Crippen LogP contribution in [0, 0.1) is 35.5 Å². The lowest BCUT2D eigenvalue weighted by molar-refractivity contribution is -0.238. The van der Waals surface area contributed by atoms with E-state index in [-0.39, 0.29) is 45.3 Å². The highest BCUT2D eigenvalue weighted by molar-refractivity contribution is 7.49. The molecule has 0 aliphatic heterocycles. The minimum absolute atomic E-state index is 0.00578. The van der Waals surface area contributed by atoms with Crippen molar-refractivity contribution >= 4 is 110 Å². The molecule has 0 aliphatic carbocycles. The number of rotatable bonds is 80. The van der Waals surface area contributed by atoms with E-state index >= 15 is 0 Å². The molecule has 0 saturated heterocycles. The molecule has 0 saturated carbocycles. The van der Waals surface area contributed by atoms with E-state index in [0.29, 0.717) is 6.42 Å². The monoisotopic (exact) mass is 1990 g/mol. The van der Waals surface area contributed by atoms with Crippen LogP contribution in [0.1, 0.15) is 80.1 Å². The molecular formula is C46H94O57P14-14. The van der Waals surface area contributed by atoms with Crippen molar-refractivity contribution in [3.05, 3.63) is 0 Å². The van der Waals surface area contributed by atoms with Crippen molar-refractivity contribution in [1.29, 1.82) is 0 Å². The van der Waals surface area contributed by atoms with Gasteiger partial charge in [0, 0.05) is 42.1 Å². The predicted molar refractivity (Wildman–Crippen MR) is 359 cm³/mol. The number of phosphoric ester groups is 14. The van der Waals surface area contributed by atoms with Crippen LogP contribution in [0.4, 0.5) is 0 Å². The van der Waals surface area contributed by atoms with Crippen molar-refractivity contribution in [2.24, 2.45) is 35.5 Å². The molecule has 0 radical (unpaired) electrons. The number of aliphatic hydroxyl groups excluding tert-OH is 1. The summed E-state index contributed by atoms with van der Waals surface area (Å²) >= 11 is 0. The maximum Gasteiger partial charge on any atom is 0.268 e. The summed E-state index contributed by atoms with van der Waals surface area (Å²) in [6.07, 6.45) is 0.604. The van der Waals surface area contributed by atoms with Crippen LogP contribution in [0.25, 0.3) is 0 Å². The fourth-order valence-electron chi connectivity index (χ4n) is 6.75. The van der Waals surface area contributed by atoms with E-state index in [1.807, 2.05) is 0 Å². The van der Waals surface area contributed by atoms with Crippen LogP contribution in [0.15, 0.2) is 0 Å². The molecule has 20 unspecified atom stereocenters. The largest absolute Gasteiger partial charge is 0.756 e. The summed E-state index contributed by atoms with van der Waals surface area (Å²) in [5, 5.41) is 9.12. The predicted octanol–water partition coefficient (Wildman–Crippen LogP) is -1.87. The SMILES string of the molecule is CCC(CO)COP(=O)([O-])OCCOP(=O)([O-])OCC(CC)COP(=O)([O-])OCCOP(=O)([O-])OCC(CC)COP(=O)([O-])OCCOP(=O)([O-])OCC(CC)COP(=O)([O-])OCCOP(=O)([O-])OCC(CC)COP(=O)([O-])OCCOP(=O)([O-])OCCOP(=O)([O-])OCCOP(=O)([O-])OCCOP(=O)([O-])OCC(CC)COP(=O)([O-])O. The first-order valence-electron chi connectivity index (χ1n) is 33.9. The van der Waals surface area contributed by atoms with Gasteiger partial charge in [0.25, 0.3) is 110 Å². The molecule has 704 valence electrons. The second kappa shape index (κ2) is 58.9. The first-order valence-corrected chi connectivity index (χ1v) is 54.4. The molecule has 0 aromatic heterocycles. The third-order valence-corrected chi connectivity index (χ3v) is 26.6. The van der Waals surface area contributed by atoms with E-state index in [2.05, 4.69) is 99.5 Å². The second-order valence-corrected chi connectivity index (χ2v) is 42.2. The molecule has 0 aromatic carbocycles. The number of phosphoric acid groups is 14. The fourth-order valence-corrected chi connectivity index (χ4v) is 16.8. The maximum atomic E-state index is 12.4. The van der Waals surface area contributed by atoms with E-state index in [4.69, 9.17) is 32.6 Å². The van der Waals surface area contributed by atoms with Gasteiger partial charge < -0.3 is 201 Å². The zero-order chi connectivity index (χ0) is 89.6. The number of hydrogen-bond donors (Lipinski definition) is 2. The average Bonchev–Trinajstić information content (AvgIpc) is 0.912. The van der Waals surface area contributed by atoms with E-state index in [1.165, 1.54) is 34.6 Å². The molecule has 0 bridgehead atoms. The lowest BCUT2D eigenvalue weighted by atomic mass is 10.1. The van der Waals surface area contributed by atoms with Crippen molar-refractivity contribution in [2.45, 2.75) is 80.1 Å². The van der Waals surface area contributed by atoms with Crippen molar-refractivity contribution in [2.75, 3.05) is 185 Å². The van der Waals surface area contributed by atoms with Crippen LogP contribution < -0.4 is 68.5 Å². The Kier molecular flexibility index (Phi) is 59.7. The minimum Gasteiger partial charge on any atom is -0.756 e. The van der Waals surface area contributed by atoms with E-state index in [1.54, 1.807) is 6.92 Å². The third kappa shape index (κ3) is 66.5. The summed E-state index contributed by atoms with van der Waals surface area (Å²) in [7, 11) is -72.8. The zero-order valence-corrected chi connectivity index (χ0v) is 75.6. The van der Waals surface area contributed by atoms with Gasteiger partial charge in [0.15, 0.2) is 0 Å². The summed E-state index contributed by atoms with van der Waals surface area (Å²) < 4.78 is 291. The summed E-state index contributed by atoms with van der Waals surface area (Å²) in [6.45, 7) is -14.8. The Bertz CT molecular complexity index is 3480. The van der Waals surface area contributed by atoms with Crippen LogP contribution in [-0.2, 0) is 186 Å². The molecule has 0 amide bonds. The molecular weight excluding hydrogens is 1900 g/mol. The first kappa shape index (κ1) is 118. The van der Waals surface area contributed by atoms with Gasteiger partial charge in [-0.2, -0.15) is 0 Å². The van der Waals surface area contributed by atoms with Crippen molar-refractivity contribution in [3.8, 4) is 0 Å². The summed E-state index contributed by atoms with van der Waals surface area (Å²) in [5.74, 6) is -5.28. The van der Waals surface area contributed by atoms with Gasteiger partial charge in [-0.3, -0.25) is 63.9 Å². The molecule has 71 heteroatoms. The van der Waals surface area contributed by atoms with E-state index in [0.717, 1.165) is 0 Å². The Balaban J connectivity index is 4.60. The highest BCUT2D eigenvalue weighted by atomic mass is 31.2. The fraction of sp³-hybridized carbons (Fsp3) is 1.00. The highest BCUT2D eigenvalue weighted by Gasteiger charge is 2.27. The normalized spacial score (nSPS) is 21.3. The second-order valence-electron chi connectivity index (χ2n) is 22.7. The number of hydrogen-bond acceptors (Lipinski definition) is 56. The van der Waals surface area contributed by atoms with Gasteiger partial charge in [-0.25, -0.2) is 0 Å². The Hall–Kier alpha value is 1.50. The van der Waals surface area contributed by atoms with Crippen molar-refractivity contribution < 1.29 is 265 Å². The van der Waals surface area contributed by atoms with Crippen molar-refractivity contribution in [3.63, 3.8) is 0 Å². The Morgan fingerprint density at radius 1 is 0.179 bits per heavy atom. The van der Waals surface area contributed by atoms with E-state index in [9.17, 15) is 132 Å². The van der Waals surface area contributed by atoms with Gasteiger partial charge in [-0.15, -0.1) is 0 Å². The quantitative estimate of drug-likeness (QED) is 0.0498. The third-order valence-electron chi connectivity index (χ3n) is 13.5. The van der Waals surface area contributed by atoms with Crippen LogP contribution >= 0.6 is 110 Å². The summed E-state index contributed by atoms with van der Waals surface area (Å²) in [4.78, 5) is 177. The molecule has 20 atom stereocenters. The van der Waals surface area contributed by atoms with E-state index < -0.39 is 317 Å². The van der Waals surface area contributed by atoms with Gasteiger partial charge in [0.1, 0.15) is 0 Å². The molecule has 0 fully saturated rings. The van der Waals surface area contributed by atoms with Crippen LogP contribution in [0.3, 0.4) is 0 Å². The molecule has 0 aliphatic rings. The Morgan fingerprint density at radius 2 is 0.274 bits per heavy atom. The van der Waals surface area contributed by atoms with Gasteiger partial charge in [0.2, 0.25) is 0 Å². The van der Waals surface area contributed by atoms with Crippen LogP contribution in [-0.4, -0.2) is 195 Å². The maximum absolute atomic E-state index is 12.4. The van der Waals surface area contributed by atoms with Gasteiger partial charge in [-0.05, 0) is 38.5 Å². The van der Waals surface area contributed by atoms with Crippen LogP contribution in [0.2, 0.25) is 0 Å². The van der Waals surface area contributed by atoms with Gasteiger partial charge >= 0.3 is 0 Å². The molecule has 57 nitrogen and oxygen atoms in total. The standard InChI is InChI=1S/C46H108O57P14/c1-7-41(29-47)30-94-108(57,58)83-21-22-86-111(63,64)97-35-44(10-4)36-99-113(67,68)88-25-26-90-115(71,72)101-39-46(12-6)40-103-117(75,76)92-28-27-91-116(73,74)102-38-45(11-5)37-100-114(69,70)89-24-23-87-112(65,66)98-34-43(9-3)33-96-110(61,62)85-20-18-82-107(55,56)80-16-14-78-105(51,52)77-13-15-79-106(53,54)81-17-19-84-109(59,60)95-32-42(8-2)31-93-104(48,49)50/h41-47H,7-40H2,1-6H3,(H,51,52)(H,53,54)(H,55,56)(H,57,58)(H,59,60)(H,61,62)(H,63,64)(H,65,66)(H,67,68)(H,69,70)(H,71,72)(H,73,74)(H,75,76)(H2,48,49,50)/p-14. The number of aliphatic hydroxyl groups is 1. The summed E-state index contributed by atoms with van der Waals surface area (Å²) in [5.41, 5.74) is 0. The molecule has 0 spiro atoms.